The zero-order valence-corrected chi connectivity index (χ0v) is 11.6. The van der Waals surface area contributed by atoms with Crippen molar-refractivity contribution in [1.29, 1.82) is 0 Å². The predicted octanol–water partition coefficient (Wildman–Crippen LogP) is 3.21. The van der Waals surface area contributed by atoms with Gasteiger partial charge in [0.05, 0.1) is 5.69 Å². The van der Waals surface area contributed by atoms with Crippen molar-refractivity contribution in [1.82, 2.24) is 15.1 Å². The quantitative estimate of drug-likeness (QED) is 0.668. The van der Waals surface area contributed by atoms with E-state index in [1.165, 1.54) is 31.4 Å². The highest BCUT2D eigenvalue weighted by atomic mass is 15.3. The summed E-state index contributed by atoms with van der Waals surface area (Å²) in [5.74, 6) is 0.651. The smallest absolute Gasteiger partial charge is 0.0522 e. The van der Waals surface area contributed by atoms with Gasteiger partial charge in [0.2, 0.25) is 0 Å². The number of nitrogens with one attached hydrogen (secondary N) is 1. The van der Waals surface area contributed by atoms with E-state index in [2.05, 4.69) is 41.9 Å². The standard InChI is InChI=1S/C14H27N3/c1-4-5-6-7-9-15-11-14-8-10-16-17(14)12-13(2)3/h8,10,13,15H,4-7,9,11-12H2,1-3H3. The summed E-state index contributed by atoms with van der Waals surface area (Å²) in [6.07, 6.45) is 7.19. The molecule has 0 bridgehead atoms. The largest absolute Gasteiger partial charge is 0.311 e. The lowest BCUT2D eigenvalue weighted by atomic mass is 10.2. The molecule has 0 saturated heterocycles. The maximum absolute atomic E-state index is 4.36. The summed E-state index contributed by atoms with van der Waals surface area (Å²) < 4.78 is 2.11. The zero-order valence-electron chi connectivity index (χ0n) is 11.6. The van der Waals surface area contributed by atoms with Crippen LogP contribution in [0.4, 0.5) is 0 Å². The highest BCUT2D eigenvalue weighted by Gasteiger charge is 2.03. The third kappa shape index (κ3) is 5.87. The Hall–Kier alpha value is -0.830. The monoisotopic (exact) mass is 237 g/mol. The molecule has 0 radical (unpaired) electrons. The minimum atomic E-state index is 0.651. The summed E-state index contributed by atoms with van der Waals surface area (Å²) in [6.45, 7) is 9.77. The number of hydrogen-bond acceptors (Lipinski definition) is 2. The van der Waals surface area contributed by atoms with Crippen molar-refractivity contribution in [2.24, 2.45) is 5.92 Å². The first kappa shape index (κ1) is 14.2. The van der Waals surface area contributed by atoms with E-state index in [0.717, 1.165) is 19.6 Å². The van der Waals surface area contributed by atoms with Gasteiger partial charge in [0, 0.05) is 19.3 Å². The molecular formula is C14H27N3. The van der Waals surface area contributed by atoms with Gasteiger partial charge in [-0.15, -0.1) is 0 Å². The van der Waals surface area contributed by atoms with Crippen LogP contribution in [0.25, 0.3) is 0 Å². The number of unbranched alkanes of at least 4 members (excludes halogenated alkanes) is 3. The lowest BCUT2D eigenvalue weighted by Gasteiger charge is -2.10. The van der Waals surface area contributed by atoms with Crippen LogP contribution in [0.5, 0.6) is 0 Å². The molecule has 0 atom stereocenters. The Labute approximate surface area is 106 Å². The first-order valence-electron chi connectivity index (χ1n) is 6.95. The number of hydrogen-bond donors (Lipinski definition) is 1. The lowest BCUT2D eigenvalue weighted by Crippen LogP contribution is -2.19. The Kier molecular flexibility index (Phi) is 6.94. The maximum Gasteiger partial charge on any atom is 0.0522 e. The lowest BCUT2D eigenvalue weighted by molar-refractivity contribution is 0.459. The van der Waals surface area contributed by atoms with Crippen LogP contribution in [-0.2, 0) is 13.1 Å². The van der Waals surface area contributed by atoms with Gasteiger partial charge in [-0.3, -0.25) is 4.68 Å². The number of aromatic nitrogens is 2. The molecule has 0 fully saturated rings. The van der Waals surface area contributed by atoms with E-state index in [0.29, 0.717) is 5.92 Å². The molecule has 0 spiro atoms. The van der Waals surface area contributed by atoms with Crippen LogP contribution in [0.15, 0.2) is 12.3 Å². The Morgan fingerprint density at radius 2 is 2.12 bits per heavy atom. The fraction of sp³-hybridized carbons (Fsp3) is 0.786. The molecule has 1 aromatic heterocycles. The van der Waals surface area contributed by atoms with Gasteiger partial charge in [-0.05, 0) is 24.9 Å². The minimum Gasteiger partial charge on any atom is -0.311 e. The zero-order chi connectivity index (χ0) is 12.5. The molecule has 0 aliphatic carbocycles. The molecule has 1 heterocycles. The molecule has 0 aliphatic heterocycles. The molecule has 3 heteroatoms. The van der Waals surface area contributed by atoms with Crippen LogP contribution in [0.2, 0.25) is 0 Å². The molecule has 0 amide bonds. The van der Waals surface area contributed by atoms with Gasteiger partial charge in [0.1, 0.15) is 0 Å². The highest BCUT2D eigenvalue weighted by molar-refractivity contribution is 5.00. The topological polar surface area (TPSA) is 29.9 Å². The van der Waals surface area contributed by atoms with Crippen molar-refractivity contribution in [2.75, 3.05) is 6.54 Å². The number of rotatable bonds is 9. The normalized spacial score (nSPS) is 11.3. The van der Waals surface area contributed by atoms with Crippen LogP contribution in [-0.4, -0.2) is 16.3 Å². The van der Waals surface area contributed by atoms with Gasteiger partial charge in [0.15, 0.2) is 0 Å². The van der Waals surface area contributed by atoms with Gasteiger partial charge in [-0.2, -0.15) is 5.10 Å². The van der Waals surface area contributed by atoms with Crippen LogP contribution in [0.1, 0.15) is 52.1 Å². The van der Waals surface area contributed by atoms with E-state index in [9.17, 15) is 0 Å². The van der Waals surface area contributed by atoms with Gasteiger partial charge < -0.3 is 5.32 Å². The van der Waals surface area contributed by atoms with Crippen LogP contribution in [0, 0.1) is 5.92 Å². The highest BCUT2D eigenvalue weighted by Crippen LogP contribution is 2.04. The minimum absolute atomic E-state index is 0.651. The fourth-order valence-corrected chi connectivity index (χ4v) is 1.91. The molecule has 0 aliphatic rings. The molecule has 1 aromatic rings. The summed E-state index contributed by atoms with van der Waals surface area (Å²) in [6, 6.07) is 2.11. The predicted molar refractivity (Wildman–Crippen MR) is 72.9 cm³/mol. The second kappa shape index (κ2) is 8.29. The van der Waals surface area contributed by atoms with E-state index in [-0.39, 0.29) is 0 Å². The van der Waals surface area contributed by atoms with Crippen molar-refractivity contribution >= 4 is 0 Å². The first-order chi connectivity index (χ1) is 8.24. The first-order valence-corrected chi connectivity index (χ1v) is 6.95. The molecule has 0 aromatic carbocycles. The van der Waals surface area contributed by atoms with Gasteiger partial charge >= 0.3 is 0 Å². The van der Waals surface area contributed by atoms with Crippen LogP contribution >= 0.6 is 0 Å². The molecule has 17 heavy (non-hydrogen) atoms. The van der Waals surface area contributed by atoms with Crippen molar-refractivity contribution in [2.45, 2.75) is 59.5 Å². The third-order valence-electron chi connectivity index (χ3n) is 2.86. The number of nitrogens with zero attached hydrogens (tertiary/aromatic N) is 2. The molecule has 0 saturated carbocycles. The Bertz CT molecular complexity index is 291. The summed E-state index contributed by atoms with van der Waals surface area (Å²) in [5.41, 5.74) is 1.30. The van der Waals surface area contributed by atoms with E-state index in [1.807, 2.05) is 6.20 Å². The molecule has 98 valence electrons. The average molecular weight is 237 g/mol. The molecule has 1 rings (SSSR count). The molecule has 1 N–H and O–H groups in total. The van der Waals surface area contributed by atoms with E-state index in [4.69, 9.17) is 0 Å². The molecule has 3 nitrogen and oxygen atoms in total. The SMILES string of the molecule is CCCCCCNCc1ccnn1CC(C)C. The van der Waals surface area contributed by atoms with Crippen molar-refractivity contribution in [3.63, 3.8) is 0 Å². The van der Waals surface area contributed by atoms with Crippen LogP contribution in [0.3, 0.4) is 0 Å². The second-order valence-corrected chi connectivity index (χ2v) is 5.14. The van der Waals surface area contributed by atoms with Gasteiger partial charge in [0.25, 0.3) is 0 Å². The molecule has 0 unspecified atom stereocenters. The Morgan fingerprint density at radius 1 is 1.29 bits per heavy atom. The second-order valence-electron chi connectivity index (χ2n) is 5.14. The Morgan fingerprint density at radius 3 is 2.82 bits per heavy atom. The van der Waals surface area contributed by atoms with E-state index < -0.39 is 0 Å². The summed E-state index contributed by atoms with van der Waals surface area (Å²) in [5, 5.41) is 7.86. The average Bonchev–Trinajstić information content (AvgIpc) is 2.70. The van der Waals surface area contributed by atoms with Crippen molar-refractivity contribution in [3.05, 3.63) is 18.0 Å². The summed E-state index contributed by atoms with van der Waals surface area (Å²) in [7, 11) is 0. The third-order valence-corrected chi connectivity index (χ3v) is 2.86. The summed E-state index contributed by atoms with van der Waals surface area (Å²) >= 11 is 0. The van der Waals surface area contributed by atoms with Gasteiger partial charge in [-0.1, -0.05) is 40.0 Å². The van der Waals surface area contributed by atoms with E-state index >= 15 is 0 Å². The maximum atomic E-state index is 4.36. The van der Waals surface area contributed by atoms with Crippen LogP contribution < -0.4 is 5.32 Å². The van der Waals surface area contributed by atoms with E-state index in [1.54, 1.807) is 0 Å². The fourth-order valence-electron chi connectivity index (χ4n) is 1.91. The summed E-state index contributed by atoms with van der Waals surface area (Å²) in [4.78, 5) is 0. The van der Waals surface area contributed by atoms with Gasteiger partial charge in [-0.25, -0.2) is 0 Å². The van der Waals surface area contributed by atoms with Crippen molar-refractivity contribution in [3.8, 4) is 0 Å². The Balaban J connectivity index is 2.20. The van der Waals surface area contributed by atoms with Crippen molar-refractivity contribution < 1.29 is 0 Å². The molecular weight excluding hydrogens is 210 g/mol.